The molecule has 1 aromatic carbocycles. The minimum absolute atomic E-state index is 0.786. The van der Waals surface area contributed by atoms with Crippen molar-refractivity contribution in [2.75, 3.05) is 5.01 Å². The van der Waals surface area contributed by atoms with Gasteiger partial charge in [0, 0.05) is 5.57 Å². The van der Waals surface area contributed by atoms with Crippen molar-refractivity contribution in [3.05, 3.63) is 84.6 Å². The molecule has 3 heteroatoms. The lowest BCUT2D eigenvalue weighted by Gasteiger charge is -2.18. The van der Waals surface area contributed by atoms with E-state index in [1.165, 1.54) is 0 Å². The third kappa shape index (κ3) is 2.06. The molecule has 3 rings (SSSR count). The summed E-state index contributed by atoms with van der Waals surface area (Å²) in [5.74, 6) is 0.786. The van der Waals surface area contributed by atoms with Gasteiger partial charge < -0.3 is 4.42 Å². The molecule has 1 saturated heterocycles. The average Bonchev–Trinajstić information content (AvgIpc) is 3.03. The highest BCUT2D eigenvalue weighted by Crippen LogP contribution is 2.31. The van der Waals surface area contributed by atoms with E-state index in [0.717, 1.165) is 28.4 Å². The standard InChI is InChI=1S/C16H14N2O/c1-12-16(11-15-9-6-10-19-15)13(2)18(17-12)14-7-4-3-5-8-14/h3-11,17H,1-2H2/b16-11-. The van der Waals surface area contributed by atoms with Crippen LogP contribution in [0.15, 0.2) is 83.3 Å². The summed E-state index contributed by atoms with van der Waals surface area (Å²) >= 11 is 0. The predicted octanol–water partition coefficient (Wildman–Crippen LogP) is 3.72. The molecule has 1 aliphatic rings. The molecule has 1 N–H and O–H groups in total. The zero-order valence-electron chi connectivity index (χ0n) is 10.5. The number of hydrazine groups is 1. The Kier molecular flexibility index (Phi) is 2.72. The number of hydrogen-bond acceptors (Lipinski definition) is 3. The summed E-state index contributed by atoms with van der Waals surface area (Å²) in [5.41, 5.74) is 6.84. The highest BCUT2D eigenvalue weighted by Gasteiger charge is 2.24. The fourth-order valence-corrected chi connectivity index (χ4v) is 2.04. The molecule has 2 heterocycles. The van der Waals surface area contributed by atoms with Crippen molar-refractivity contribution in [2.24, 2.45) is 0 Å². The molecule has 1 fully saturated rings. The zero-order valence-corrected chi connectivity index (χ0v) is 10.5. The van der Waals surface area contributed by atoms with Gasteiger partial charge in [0.15, 0.2) is 0 Å². The molecule has 0 spiro atoms. The van der Waals surface area contributed by atoms with Crippen LogP contribution in [0.2, 0.25) is 0 Å². The second-order valence-electron chi connectivity index (χ2n) is 4.28. The van der Waals surface area contributed by atoms with Crippen LogP contribution in [-0.2, 0) is 0 Å². The van der Waals surface area contributed by atoms with Crippen LogP contribution in [0.3, 0.4) is 0 Å². The molecule has 3 nitrogen and oxygen atoms in total. The highest BCUT2D eigenvalue weighted by molar-refractivity contribution is 5.71. The van der Waals surface area contributed by atoms with Crippen LogP contribution in [0.5, 0.6) is 0 Å². The smallest absolute Gasteiger partial charge is 0.127 e. The van der Waals surface area contributed by atoms with Crippen LogP contribution >= 0.6 is 0 Å². The lowest BCUT2D eigenvalue weighted by molar-refractivity contribution is 0.557. The summed E-state index contributed by atoms with van der Waals surface area (Å²) < 4.78 is 5.33. The summed E-state index contributed by atoms with van der Waals surface area (Å²) in [7, 11) is 0. The van der Waals surface area contributed by atoms with E-state index >= 15 is 0 Å². The second kappa shape index (κ2) is 4.53. The van der Waals surface area contributed by atoms with Gasteiger partial charge in [-0.15, -0.1) is 0 Å². The van der Waals surface area contributed by atoms with Crippen LogP contribution < -0.4 is 10.4 Å². The molecule has 94 valence electrons. The Morgan fingerprint density at radius 1 is 1.05 bits per heavy atom. The molecule has 0 aliphatic carbocycles. The van der Waals surface area contributed by atoms with Gasteiger partial charge in [0.1, 0.15) is 5.76 Å². The topological polar surface area (TPSA) is 28.4 Å². The number of nitrogens with one attached hydrogen (secondary N) is 1. The molecule has 0 atom stereocenters. The van der Waals surface area contributed by atoms with Crippen molar-refractivity contribution in [1.29, 1.82) is 0 Å². The SMILES string of the molecule is C=C1NN(c2ccccc2)C(=C)/C1=C\c1ccco1. The van der Waals surface area contributed by atoms with Gasteiger partial charge in [0.25, 0.3) is 0 Å². The fourth-order valence-electron chi connectivity index (χ4n) is 2.04. The maximum absolute atomic E-state index is 5.33. The van der Waals surface area contributed by atoms with E-state index in [4.69, 9.17) is 4.42 Å². The first-order valence-corrected chi connectivity index (χ1v) is 6.01. The molecule has 2 aromatic rings. The monoisotopic (exact) mass is 250 g/mol. The van der Waals surface area contributed by atoms with Crippen molar-refractivity contribution in [1.82, 2.24) is 5.43 Å². The van der Waals surface area contributed by atoms with Crippen molar-refractivity contribution in [2.45, 2.75) is 0 Å². The lowest BCUT2D eigenvalue weighted by Crippen LogP contribution is -2.27. The Balaban J connectivity index is 1.94. The Hall–Kier alpha value is -2.68. The van der Waals surface area contributed by atoms with Crippen LogP contribution in [0.25, 0.3) is 6.08 Å². The number of nitrogens with zero attached hydrogens (tertiary/aromatic N) is 1. The molecular formula is C16H14N2O. The number of para-hydroxylation sites is 1. The number of anilines is 1. The number of furan rings is 1. The summed E-state index contributed by atoms with van der Waals surface area (Å²) in [6.07, 6.45) is 3.58. The molecule has 0 saturated carbocycles. The number of benzene rings is 1. The van der Waals surface area contributed by atoms with Crippen LogP contribution in [0, 0.1) is 0 Å². The van der Waals surface area contributed by atoms with E-state index in [0.29, 0.717) is 0 Å². The first kappa shape index (κ1) is 11.4. The van der Waals surface area contributed by atoms with E-state index in [2.05, 4.69) is 18.6 Å². The van der Waals surface area contributed by atoms with Crippen molar-refractivity contribution < 1.29 is 4.42 Å². The summed E-state index contributed by atoms with van der Waals surface area (Å²) in [6, 6.07) is 13.7. The van der Waals surface area contributed by atoms with Crippen LogP contribution in [-0.4, -0.2) is 0 Å². The normalized spacial score (nSPS) is 17.1. The summed E-state index contributed by atoms with van der Waals surface area (Å²) in [4.78, 5) is 0. The molecule has 0 amide bonds. The van der Waals surface area contributed by atoms with Gasteiger partial charge in [0.2, 0.25) is 0 Å². The van der Waals surface area contributed by atoms with Crippen molar-refractivity contribution in [3.63, 3.8) is 0 Å². The van der Waals surface area contributed by atoms with Crippen LogP contribution in [0.1, 0.15) is 5.76 Å². The molecule has 19 heavy (non-hydrogen) atoms. The largest absolute Gasteiger partial charge is 0.465 e. The van der Waals surface area contributed by atoms with Gasteiger partial charge in [-0.3, -0.25) is 10.4 Å². The van der Waals surface area contributed by atoms with E-state index in [1.54, 1.807) is 6.26 Å². The molecular weight excluding hydrogens is 236 g/mol. The first-order chi connectivity index (χ1) is 9.25. The third-order valence-electron chi connectivity index (χ3n) is 3.00. The summed E-state index contributed by atoms with van der Waals surface area (Å²) in [5, 5.41) is 1.91. The Labute approximate surface area is 112 Å². The fraction of sp³-hybridized carbons (Fsp3) is 0. The van der Waals surface area contributed by atoms with Crippen molar-refractivity contribution in [3.8, 4) is 0 Å². The Morgan fingerprint density at radius 3 is 2.53 bits per heavy atom. The van der Waals surface area contributed by atoms with Gasteiger partial charge in [-0.2, -0.15) is 0 Å². The molecule has 0 bridgehead atoms. The molecule has 0 unspecified atom stereocenters. The van der Waals surface area contributed by atoms with E-state index < -0.39 is 0 Å². The van der Waals surface area contributed by atoms with E-state index in [9.17, 15) is 0 Å². The maximum Gasteiger partial charge on any atom is 0.127 e. The lowest BCUT2D eigenvalue weighted by atomic mass is 10.1. The predicted molar refractivity (Wildman–Crippen MR) is 77.0 cm³/mol. The second-order valence-corrected chi connectivity index (χ2v) is 4.28. The van der Waals surface area contributed by atoms with Gasteiger partial charge in [-0.25, -0.2) is 0 Å². The molecule has 1 aliphatic heterocycles. The van der Waals surface area contributed by atoms with E-state index in [1.807, 2.05) is 53.5 Å². The van der Waals surface area contributed by atoms with Crippen molar-refractivity contribution >= 4 is 11.8 Å². The average molecular weight is 250 g/mol. The quantitative estimate of drug-likeness (QED) is 0.880. The van der Waals surface area contributed by atoms with E-state index in [-0.39, 0.29) is 0 Å². The number of rotatable bonds is 2. The van der Waals surface area contributed by atoms with Gasteiger partial charge in [-0.1, -0.05) is 31.4 Å². The first-order valence-electron chi connectivity index (χ1n) is 6.01. The third-order valence-corrected chi connectivity index (χ3v) is 3.00. The Morgan fingerprint density at radius 2 is 1.84 bits per heavy atom. The maximum atomic E-state index is 5.33. The summed E-state index contributed by atoms with van der Waals surface area (Å²) in [6.45, 7) is 8.14. The van der Waals surface area contributed by atoms with Crippen LogP contribution in [0.4, 0.5) is 5.69 Å². The zero-order chi connectivity index (χ0) is 13.2. The number of hydrogen-bond donors (Lipinski definition) is 1. The molecule has 1 aromatic heterocycles. The Bertz CT molecular complexity index is 639. The minimum Gasteiger partial charge on any atom is -0.465 e. The van der Waals surface area contributed by atoms with Gasteiger partial charge in [0.05, 0.1) is 23.3 Å². The minimum atomic E-state index is 0.786. The van der Waals surface area contributed by atoms with Gasteiger partial charge >= 0.3 is 0 Å². The van der Waals surface area contributed by atoms with Gasteiger partial charge in [-0.05, 0) is 30.3 Å². The molecule has 0 radical (unpaired) electrons. The highest BCUT2D eigenvalue weighted by atomic mass is 16.3.